The van der Waals surface area contributed by atoms with Gasteiger partial charge in [0, 0.05) is 13.6 Å². The van der Waals surface area contributed by atoms with Crippen LogP contribution < -0.4 is 0 Å². The van der Waals surface area contributed by atoms with Gasteiger partial charge in [-0.15, -0.1) is 0 Å². The van der Waals surface area contributed by atoms with Crippen molar-refractivity contribution >= 4 is 5.84 Å². The van der Waals surface area contributed by atoms with Gasteiger partial charge in [-0.3, -0.25) is 4.99 Å². The summed E-state index contributed by atoms with van der Waals surface area (Å²) in [4.78, 5) is 6.39. The van der Waals surface area contributed by atoms with Crippen molar-refractivity contribution in [3.63, 3.8) is 0 Å². The molecule has 0 bridgehead atoms. The fraction of sp³-hybridized carbons (Fsp3) is 0.571. The van der Waals surface area contributed by atoms with E-state index < -0.39 is 0 Å². The Hall–Kier alpha value is -0.790. The number of aliphatic imine (C=N–C) groups is 1. The van der Waals surface area contributed by atoms with Crippen molar-refractivity contribution in [2.45, 2.75) is 6.92 Å². The molecule has 0 atom stereocenters. The van der Waals surface area contributed by atoms with Crippen LogP contribution in [0.5, 0.6) is 0 Å². The highest BCUT2D eigenvalue weighted by Crippen LogP contribution is 1.93. The van der Waals surface area contributed by atoms with Crippen LogP contribution in [0.4, 0.5) is 0 Å². The maximum Gasteiger partial charge on any atom is 0.0961 e. The summed E-state index contributed by atoms with van der Waals surface area (Å²) in [6.45, 7) is 3.87. The molecule has 1 rings (SSSR count). The summed E-state index contributed by atoms with van der Waals surface area (Å²) >= 11 is 0. The minimum Gasteiger partial charge on any atom is -0.360 e. The fourth-order valence-electron chi connectivity index (χ4n) is 0.745. The molecular weight excluding hydrogens is 112 g/mol. The van der Waals surface area contributed by atoms with Crippen molar-refractivity contribution in [3.05, 3.63) is 12.2 Å². The van der Waals surface area contributed by atoms with E-state index in [9.17, 15) is 0 Å². The Balaban J connectivity index is 2.62. The topological polar surface area (TPSA) is 15.6 Å². The first-order chi connectivity index (χ1) is 4.30. The molecule has 2 nitrogen and oxygen atoms in total. The Bertz CT molecular complexity index is 147. The molecule has 0 unspecified atom stereocenters. The van der Waals surface area contributed by atoms with Crippen LogP contribution in [0.15, 0.2) is 17.1 Å². The molecule has 0 radical (unpaired) electrons. The molecule has 50 valence electrons. The number of nitrogens with zero attached hydrogens (tertiary/aromatic N) is 2. The molecule has 0 fully saturated rings. The van der Waals surface area contributed by atoms with Gasteiger partial charge < -0.3 is 4.90 Å². The fourth-order valence-corrected chi connectivity index (χ4v) is 0.745. The lowest BCUT2D eigenvalue weighted by molar-refractivity contribution is 0.562. The third-order valence-electron chi connectivity index (χ3n) is 1.52. The smallest absolute Gasteiger partial charge is 0.0961 e. The summed E-state index contributed by atoms with van der Waals surface area (Å²) in [5.74, 6) is 1.13. The third-order valence-corrected chi connectivity index (χ3v) is 1.52. The van der Waals surface area contributed by atoms with Crippen LogP contribution >= 0.6 is 0 Å². The van der Waals surface area contributed by atoms with Gasteiger partial charge >= 0.3 is 0 Å². The molecular formula is C7H12N2. The Kier molecular flexibility index (Phi) is 1.88. The average molecular weight is 124 g/mol. The van der Waals surface area contributed by atoms with Crippen molar-refractivity contribution in [3.8, 4) is 0 Å². The average Bonchev–Trinajstić information content (AvgIpc) is 1.99. The maximum atomic E-state index is 4.26. The Morgan fingerprint density at radius 2 is 2.33 bits per heavy atom. The van der Waals surface area contributed by atoms with E-state index in [1.807, 2.05) is 6.92 Å². The number of hydrogen-bond donors (Lipinski definition) is 0. The summed E-state index contributed by atoms with van der Waals surface area (Å²) in [5, 5.41) is 0. The Morgan fingerprint density at radius 1 is 1.56 bits per heavy atom. The normalized spacial score (nSPS) is 19.3. The minimum atomic E-state index is 0.843. The van der Waals surface area contributed by atoms with Gasteiger partial charge in [0.15, 0.2) is 0 Å². The second kappa shape index (κ2) is 2.67. The molecule has 0 N–H and O–H groups in total. The largest absolute Gasteiger partial charge is 0.360 e. The van der Waals surface area contributed by atoms with Gasteiger partial charge in [-0.1, -0.05) is 12.2 Å². The first kappa shape index (κ1) is 6.33. The van der Waals surface area contributed by atoms with Gasteiger partial charge in [0.1, 0.15) is 0 Å². The zero-order valence-electron chi connectivity index (χ0n) is 5.96. The van der Waals surface area contributed by atoms with Gasteiger partial charge in [-0.25, -0.2) is 0 Å². The summed E-state index contributed by atoms with van der Waals surface area (Å²) in [6, 6.07) is 0. The van der Waals surface area contributed by atoms with E-state index >= 15 is 0 Å². The van der Waals surface area contributed by atoms with Gasteiger partial charge in [0.25, 0.3) is 0 Å². The van der Waals surface area contributed by atoms with Gasteiger partial charge in [0.2, 0.25) is 0 Å². The highest BCUT2D eigenvalue weighted by atomic mass is 15.2. The van der Waals surface area contributed by atoms with Crippen molar-refractivity contribution in [1.82, 2.24) is 4.90 Å². The molecule has 0 aromatic carbocycles. The van der Waals surface area contributed by atoms with Crippen molar-refractivity contribution in [1.29, 1.82) is 0 Å². The van der Waals surface area contributed by atoms with Crippen molar-refractivity contribution in [2.24, 2.45) is 4.99 Å². The Labute approximate surface area is 55.9 Å². The lowest BCUT2D eigenvalue weighted by Crippen LogP contribution is -2.23. The number of rotatable bonds is 0. The number of hydrogen-bond acceptors (Lipinski definition) is 2. The van der Waals surface area contributed by atoms with Crippen LogP contribution in [-0.2, 0) is 0 Å². The van der Waals surface area contributed by atoms with E-state index in [0.717, 1.165) is 18.9 Å². The summed E-state index contributed by atoms with van der Waals surface area (Å²) in [5.41, 5.74) is 0. The molecule has 9 heavy (non-hydrogen) atoms. The zero-order chi connectivity index (χ0) is 6.69. The lowest BCUT2D eigenvalue weighted by atomic mass is 10.5. The molecule has 0 aromatic rings. The first-order valence-electron chi connectivity index (χ1n) is 3.18. The molecule has 0 saturated carbocycles. The highest BCUT2D eigenvalue weighted by molar-refractivity contribution is 5.79. The van der Waals surface area contributed by atoms with E-state index in [1.54, 1.807) is 0 Å². The summed E-state index contributed by atoms with van der Waals surface area (Å²) in [7, 11) is 2.05. The SMILES string of the molecule is CC1=NCC=CCN1C. The van der Waals surface area contributed by atoms with Gasteiger partial charge in [0.05, 0.1) is 12.4 Å². The molecule has 2 heteroatoms. The van der Waals surface area contributed by atoms with Crippen LogP contribution in [0, 0.1) is 0 Å². The second-order valence-corrected chi connectivity index (χ2v) is 2.24. The van der Waals surface area contributed by atoms with Crippen LogP contribution in [0.3, 0.4) is 0 Å². The van der Waals surface area contributed by atoms with Crippen LogP contribution in [0.1, 0.15) is 6.92 Å². The minimum absolute atomic E-state index is 0.843. The molecule has 1 aliphatic heterocycles. The first-order valence-corrected chi connectivity index (χ1v) is 3.18. The maximum absolute atomic E-state index is 4.26. The predicted octanol–water partition coefficient (Wildman–Crippen LogP) is 0.906. The lowest BCUT2D eigenvalue weighted by Gasteiger charge is -2.13. The monoisotopic (exact) mass is 124 g/mol. The van der Waals surface area contributed by atoms with Gasteiger partial charge in [-0.05, 0) is 6.92 Å². The second-order valence-electron chi connectivity index (χ2n) is 2.24. The number of amidine groups is 1. The standard InChI is InChI=1S/C7H12N2/c1-7-8-5-3-4-6-9(7)2/h3-4H,5-6H2,1-2H3. The molecule has 0 spiro atoms. The summed E-state index contributed by atoms with van der Waals surface area (Å²) < 4.78 is 0. The predicted molar refractivity (Wildman–Crippen MR) is 39.7 cm³/mol. The van der Waals surface area contributed by atoms with E-state index in [4.69, 9.17) is 0 Å². The highest BCUT2D eigenvalue weighted by Gasteiger charge is 1.98. The Morgan fingerprint density at radius 3 is 3.11 bits per heavy atom. The molecule has 0 saturated heterocycles. The van der Waals surface area contributed by atoms with Crippen LogP contribution in [-0.4, -0.2) is 30.9 Å². The summed E-state index contributed by atoms with van der Waals surface area (Å²) in [6.07, 6.45) is 4.23. The molecule has 0 amide bonds. The van der Waals surface area contributed by atoms with Crippen LogP contribution in [0.25, 0.3) is 0 Å². The molecule has 0 aliphatic carbocycles. The van der Waals surface area contributed by atoms with Crippen molar-refractivity contribution < 1.29 is 0 Å². The van der Waals surface area contributed by atoms with Gasteiger partial charge in [-0.2, -0.15) is 0 Å². The van der Waals surface area contributed by atoms with E-state index in [-0.39, 0.29) is 0 Å². The molecule has 1 heterocycles. The zero-order valence-corrected chi connectivity index (χ0v) is 5.96. The van der Waals surface area contributed by atoms with E-state index in [2.05, 4.69) is 29.1 Å². The quantitative estimate of drug-likeness (QED) is 0.438. The molecule has 0 aromatic heterocycles. The van der Waals surface area contributed by atoms with E-state index in [0.29, 0.717) is 0 Å². The molecule has 1 aliphatic rings. The van der Waals surface area contributed by atoms with E-state index in [1.165, 1.54) is 0 Å². The third kappa shape index (κ3) is 1.56. The van der Waals surface area contributed by atoms with Crippen LogP contribution in [0.2, 0.25) is 0 Å². The van der Waals surface area contributed by atoms with Crippen molar-refractivity contribution in [2.75, 3.05) is 20.1 Å². The number of likely N-dealkylation sites (N-methyl/N-ethyl adjacent to an activating group) is 1.